The van der Waals surface area contributed by atoms with Crippen LogP contribution in [0.25, 0.3) is 65.9 Å². The molecule has 0 fully saturated rings. The molecule has 0 saturated heterocycles. The zero-order chi connectivity index (χ0) is 24.1. The Morgan fingerprint density at radius 3 is 2.30 bits per heavy atom. The molecule has 8 aromatic rings. The van der Waals surface area contributed by atoms with Crippen molar-refractivity contribution in [3.8, 4) is 16.8 Å². The molecule has 0 bridgehead atoms. The number of para-hydroxylation sites is 2. The summed E-state index contributed by atoms with van der Waals surface area (Å²) in [7, 11) is 0. The fraction of sp³-hybridized carbons (Fsp3) is 0.0294. The zero-order valence-corrected chi connectivity index (χ0v) is 20.0. The summed E-state index contributed by atoms with van der Waals surface area (Å²) in [6, 6.07) is 37.8. The maximum Gasteiger partial charge on any atom is 0.145 e. The lowest BCUT2D eigenvalue weighted by Crippen LogP contribution is -1.95. The highest BCUT2D eigenvalue weighted by Gasteiger charge is 2.22. The van der Waals surface area contributed by atoms with Gasteiger partial charge in [-0.05, 0) is 76.5 Å². The highest BCUT2D eigenvalue weighted by molar-refractivity contribution is 6.21. The Morgan fingerprint density at radius 2 is 1.35 bits per heavy atom. The number of benzene rings is 5. The lowest BCUT2D eigenvalue weighted by molar-refractivity contribution is 1.18. The summed E-state index contributed by atoms with van der Waals surface area (Å²) in [4.78, 5) is 4.84. The Kier molecular flexibility index (Phi) is 3.58. The summed E-state index contributed by atoms with van der Waals surface area (Å²) in [5.74, 6) is 0. The molecule has 3 nitrogen and oxygen atoms in total. The average molecular weight is 472 g/mol. The van der Waals surface area contributed by atoms with Crippen LogP contribution in [0.5, 0.6) is 0 Å². The summed E-state index contributed by atoms with van der Waals surface area (Å²) in [5, 5.41) is 6.21. The topological polar surface area (TPSA) is 22.2 Å². The second-order valence-corrected chi connectivity index (χ2v) is 10.1. The fourth-order valence-electron chi connectivity index (χ4n) is 6.56. The van der Waals surface area contributed by atoms with E-state index in [1.165, 1.54) is 71.4 Å². The smallest absolute Gasteiger partial charge is 0.145 e. The van der Waals surface area contributed by atoms with Crippen LogP contribution in [0.3, 0.4) is 0 Å². The van der Waals surface area contributed by atoms with Gasteiger partial charge in [0, 0.05) is 39.6 Å². The van der Waals surface area contributed by atoms with E-state index in [1.807, 2.05) is 6.20 Å². The van der Waals surface area contributed by atoms with E-state index in [0.717, 1.165) is 12.1 Å². The molecule has 1 aliphatic carbocycles. The minimum atomic E-state index is 0.983. The summed E-state index contributed by atoms with van der Waals surface area (Å²) in [6.07, 6.45) is 5.01. The molecule has 37 heavy (non-hydrogen) atoms. The fourth-order valence-corrected chi connectivity index (χ4v) is 6.56. The number of hydrogen-bond acceptors (Lipinski definition) is 1. The van der Waals surface area contributed by atoms with Gasteiger partial charge in [-0.15, -0.1) is 0 Å². The van der Waals surface area contributed by atoms with Crippen molar-refractivity contribution >= 4 is 49.1 Å². The van der Waals surface area contributed by atoms with Gasteiger partial charge in [0.15, 0.2) is 0 Å². The van der Waals surface area contributed by atoms with Crippen LogP contribution >= 0.6 is 0 Å². The molecule has 0 N–H and O–H groups in total. The molecular formula is C34H21N3. The molecule has 0 unspecified atom stereocenters. The highest BCUT2D eigenvalue weighted by Crippen LogP contribution is 2.43. The van der Waals surface area contributed by atoms with E-state index >= 15 is 0 Å². The van der Waals surface area contributed by atoms with Crippen molar-refractivity contribution in [3.05, 3.63) is 127 Å². The predicted octanol–water partition coefficient (Wildman–Crippen LogP) is 8.31. The first-order chi connectivity index (χ1) is 18.3. The minimum Gasteiger partial charge on any atom is -0.309 e. The van der Waals surface area contributed by atoms with Crippen molar-refractivity contribution < 1.29 is 0 Å². The molecule has 1 aliphatic rings. The maximum absolute atomic E-state index is 4.84. The predicted molar refractivity (Wildman–Crippen MR) is 153 cm³/mol. The van der Waals surface area contributed by atoms with Crippen LogP contribution in [0, 0.1) is 0 Å². The van der Waals surface area contributed by atoms with Gasteiger partial charge in [-0.25, -0.2) is 4.98 Å². The Labute approximate surface area is 212 Å². The van der Waals surface area contributed by atoms with E-state index in [9.17, 15) is 0 Å². The average Bonchev–Trinajstić information content (AvgIpc) is 3.66. The number of rotatable bonds is 1. The monoisotopic (exact) mass is 471 g/mol. The summed E-state index contributed by atoms with van der Waals surface area (Å²) in [6.45, 7) is 0. The number of nitrogens with zero attached hydrogens (tertiary/aromatic N) is 3. The van der Waals surface area contributed by atoms with Crippen molar-refractivity contribution in [2.45, 2.75) is 6.42 Å². The van der Waals surface area contributed by atoms with Crippen LogP contribution in [0.2, 0.25) is 0 Å². The van der Waals surface area contributed by atoms with Crippen molar-refractivity contribution in [3.63, 3.8) is 0 Å². The first kappa shape index (κ1) is 19.3. The summed E-state index contributed by atoms with van der Waals surface area (Å²) >= 11 is 0. The number of pyridine rings is 1. The van der Waals surface area contributed by atoms with Gasteiger partial charge in [-0.2, -0.15) is 0 Å². The third kappa shape index (κ3) is 2.48. The molecule has 172 valence electrons. The zero-order valence-electron chi connectivity index (χ0n) is 20.0. The van der Waals surface area contributed by atoms with Gasteiger partial charge in [-0.1, -0.05) is 60.7 Å². The van der Waals surface area contributed by atoms with Crippen LogP contribution in [0.1, 0.15) is 11.1 Å². The highest BCUT2D eigenvalue weighted by atomic mass is 15.0. The Balaban J connectivity index is 1.49. The SMILES string of the molecule is c1ccc(-n2c3ccccc3c3cc4c(cc32)c2cc3c(cc2n2ccnc42)Cc2ccccc2-3)cc1. The van der Waals surface area contributed by atoms with E-state index in [-0.39, 0.29) is 0 Å². The minimum absolute atomic E-state index is 0.983. The van der Waals surface area contributed by atoms with Crippen LogP contribution in [-0.4, -0.2) is 14.0 Å². The number of fused-ring (bicyclic) bond motifs is 12. The molecule has 3 heteroatoms. The summed E-state index contributed by atoms with van der Waals surface area (Å²) < 4.78 is 4.66. The van der Waals surface area contributed by atoms with E-state index in [0.29, 0.717) is 0 Å². The number of hydrogen-bond donors (Lipinski definition) is 0. The van der Waals surface area contributed by atoms with Crippen LogP contribution in [0.4, 0.5) is 0 Å². The first-order valence-corrected chi connectivity index (χ1v) is 12.8. The Bertz CT molecular complexity index is 2210. The quantitative estimate of drug-likeness (QED) is 0.221. The largest absolute Gasteiger partial charge is 0.309 e. The lowest BCUT2D eigenvalue weighted by Gasteiger charge is -2.13. The van der Waals surface area contributed by atoms with Gasteiger partial charge >= 0.3 is 0 Å². The molecule has 0 radical (unpaired) electrons. The van der Waals surface area contributed by atoms with Gasteiger partial charge < -0.3 is 4.57 Å². The lowest BCUT2D eigenvalue weighted by atomic mass is 9.98. The molecule has 3 aromatic heterocycles. The van der Waals surface area contributed by atoms with E-state index in [4.69, 9.17) is 4.98 Å². The third-order valence-corrected chi connectivity index (χ3v) is 8.17. The molecule has 3 heterocycles. The van der Waals surface area contributed by atoms with Crippen LogP contribution in [-0.2, 0) is 6.42 Å². The van der Waals surface area contributed by atoms with E-state index in [1.54, 1.807) is 0 Å². The molecule has 9 rings (SSSR count). The first-order valence-electron chi connectivity index (χ1n) is 12.8. The van der Waals surface area contributed by atoms with Crippen molar-refractivity contribution in [1.82, 2.24) is 14.0 Å². The van der Waals surface area contributed by atoms with E-state index < -0.39 is 0 Å². The standard InChI is InChI=1S/C34H21N3/c1-2-9-23(10-3-1)37-31-13-7-6-12-25(31)28-19-30-27(20-33(28)37)29-18-26-22(16-21-8-4-5-11-24(21)26)17-32(29)36-15-14-35-34(30)36/h1-15,17-20H,16H2. The second kappa shape index (κ2) is 6.86. The van der Waals surface area contributed by atoms with Crippen molar-refractivity contribution in [1.29, 1.82) is 0 Å². The second-order valence-electron chi connectivity index (χ2n) is 10.1. The maximum atomic E-state index is 4.84. The molecule has 0 spiro atoms. The molecule has 0 saturated carbocycles. The molecule has 0 aliphatic heterocycles. The normalized spacial score (nSPS) is 12.8. The third-order valence-electron chi connectivity index (χ3n) is 8.17. The van der Waals surface area contributed by atoms with Gasteiger partial charge in [0.05, 0.1) is 16.6 Å². The van der Waals surface area contributed by atoms with Crippen LogP contribution < -0.4 is 0 Å². The molecule has 0 amide bonds. The number of imidazole rings is 1. The Hall–Kier alpha value is -4.89. The summed E-state index contributed by atoms with van der Waals surface area (Å²) in [5.41, 5.74) is 11.4. The molecule has 5 aromatic carbocycles. The van der Waals surface area contributed by atoms with Gasteiger partial charge in [0.2, 0.25) is 0 Å². The van der Waals surface area contributed by atoms with E-state index in [2.05, 4.69) is 118 Å². The van der Waals surface area contributed by atoms with Gasteiger partial charge in [0.1, 0.15) is 5.65 Å². The number of aromatic nitrogens is 3. The van der Waals surface area contributed by atoms with Crippen molar-refractivity contribution in [2.75, 3.05) is 0 Å². The molecule has 0 atom stereocenters. The van der Waals surface area contributed by atoms with Gasteiger partial charge in [-0.3, -0.25) is 4.40 Å². The Morgan fingerprint density at radius 1 is 0.541 bits per heavy atom. The molecular weight excluding hydrogens is 450 g/mol. The van der Waals surface area contributed by atoms with Gasteiger partial charge in [0.25, 0.3) is 0 Å². The van der Waals surface area contributed by atoms with Crippen LogP contribution in [0.15, 0.2) is 116 Å². The van der Waals surface area contributed by atoms with Crippen molar-refractivity contribution in [2.24, 2.45) is 0 Å².